The lowest BCUT2D eigenvalue weighted by molar-refractivity contribution is -0.223. The van der Waals surface area contributed by atoms with E-state index >= 15 is 0 Å². The molecule has 3 N–H and O–H groups in total. The first-order chi connectivity index (χ1) is 13.0. The van der Waals surface area contributed by atoms with Crippen LogP contribution in [0.3, 0.4) is 0 Å². The third-order valence-corrected chi connectivity index (χ3v) is 4.34. The van der Waals surface area contributed by atoms with Gasteiger partial charge in [-0.1, -0.05) is 41.9 Å². The van der Waals surface area contributed by atoms with Crippen LogP contribution in [0.1, 0.15) is 11.9 Å². The molecule has 2 aromatic rings. The maximum atomic E-state index is 12.2. The Morgan fingerprint density at radius 3 is 2.26 bits per heavy atom. The van der Waals surface area contributed by atoms with Gasteiger partial charge in [-0.3, -0.25) is 9.59 Å². The number of carbonyl (C=O) groups excluding carboxylic acids is 2. The Morgan fingerprint density at radius 2 is 1.67 bits per heavy atom. The molecule has 0 bridgehead atoms. The molecule has 1 fully saturated rings. The van der Waals surface area contributed by atoms with Crippen LogP contribution in [0.2, 0.25) is 5.02 Å². The highest BCUT2D eigenvalue weighted by Gasteiger charge is 2.39. The van der Waals surface area contributed by atoms with Gasteiger partial charge in [0, 0.05) is 16.3 Å². The molecule has 0 unspecified atom stereocenters. The number of aliphatic hydroxyl groups excluding tert-OH is 1. The number of benzene rings is 2. The second-order valence-corrected chi connectivity index (χ2v) is 6.65. The first-order valence-electron chi connectivity index (χ1n) is 8.29. The van der Waals surface area contributed by atoms with E-state index in [2.05, 4.69) is 10.6 Å². The number of carbonyl (C=O) groups is 2. The summed E-state index contributed by atoms with van der Waals surface area (Å²) >= 11 is 5.86. The van der Waals surface area contributed by atoms with Crippen LogP contribution < -0.4 is 10.6 Å². The average molecular weight is 391 g/mol. The summed E-state index contributed by atoms with van der Waals surface area (Å²) in [5.74, 6) is -1.72. The van der Waals surface area contributed by atoms with Crippen LogP contribution in [-0.2, 0) is 19.1 Å². The number of amides is 2. The van der Waals surface area contributed by atoms with Crippen molar-refractivity contribution in [2.24, 2.45) is 0 Å². The first kappa shape index (κ1) is 19.3. The van der Waals surface area contributed by atoms with Gasteiger partial charge >= 0.3 is 11.8 Å². The van der Waals surface area contributed by atoms with E-state index < -0.39 is 30.3 Å². The van der Waals surface area contributed by atoms with Gasteiger partial charge in [-0.05, 0) is 24.3 Å². The Labute approximate surface area is 161 Å². The fourth-order valence-corrected chi connectivity index (χ4v) is 2.71. The lowest BCUT2D eigenvalue weighted by Gasteiger charge is -2.39. The molecule has 0 saturated carbocycles. The SMILES string of the molecule is O=C(Nc1ccccc1)C(=O)NC1(CO)COC(c2ccc(Cl)cc2)OC1. The summed E-state index contributed by atoms with van der Waals surface area (Å²) in [6.07, 6.45) is -0.642. The summed E-state index contributed by atoms with van der Waals surface area (Å²) in [5.41, 5.74) is 0.0577. The van der Waals surface area contributed by atoms with Crippen LogP contribution >= 0.6 is 11.6 Å². The lowest BCUT2D eigenvalue weighted by atomic mass is 10.0. The van der Waals surface area contributed by atoms with Gasteiger partial charge in [-0.15, -0.1) is 0 Å². The van der Waals surface area contributed by atoms with Gasteiger partial charge in [-0.2, -0.15) is 0 Å². The van der Waals surface area contributed by atoms with Crippen molar-refractivity contribution < 1.29 is 24.2 Å². The highest BCUT2D eigenvalue weighted by atomic mass is 35.5. The first-order valence-corrected chi connectivity index (χ1v) is 8.67. The molecule has 2 amide bonds. The predicted molar refractivity (Wildman–Crippen MR) is 99.1 cm³/mol. The minimum Gasteiger partial charge on any atom is -0.394 e. The molecule has 1 aliphatic rings. The van der Waals surface area contributed by atoms with Crippen molar-refractivity contribution in [3.8, 4) is 0 Å². The van der Waals surface area contributed by atoms with E-state index in [9.17, 15) is 14.7 Å². The minimum absolute atomic E-state index is 0.0127. The minimum atomic E-state index is -1.20. The van der Waals surface area contributed by atoms with Gasteiger partial charge in [0.2, 0.25) is 0 Å². The van der Waals surface area contributed by atoms with Gasteiger partial charge < -0.3 is 25.2 Å². The zero-order valence-corrected chi connectivity index (χ0v) is 15.1. The Kier molecular flexibility index (Phi) is 6.08. The van der Waals surface area contributed by atoms with Crippen LogP contribution in [0.4, 0.5) is 5.69 Å². The number of nitrogens with one attached hydrogen (secondary N) is 2. The summed E-state index contributed by atoms with van der Waals surface area (Å²) in [6, 6.07) is 15.6. The second kappa shape index (κ2) is 8.49. The monoisotopic (exact) mass is 390 g/mol. The summed E-state index contributed by atoms with van der Waals surface area (Å²) in [6.45, 7) is -0.465. The van der Waals surface area contributed by atoms with Crippen molar-refractivity contribution in [2.75, 3.05) is 25.1 Å². The smallest absolute Gasteiger partial charge is 0.313 e. The van der Waals surface area contributed by atoms with Crippen molar-refractivity contribution >= 4 is 29.1 Å². The summed E-state index contributed by atoms with van der Waals surface area (Å²) in [5, 5.41) is 15.3. The number of rotatable bonds is 4. The molecular weight excluding hydrogens is 372 g/mol. The van der Waals surface area contributed by atoms with Gasteiger partial charge in [0.05, 0.1) is 19.8 Å². The average Bonchev–Trinajstić information content (AvgIpc) is 2.70. The topological polar surface area (TPSA) is 96.9 Å². The van der Waals surface area contributed by atoms with Crippen molar-refractivity contribution in [1.29, 1.82) is 0 Å². The third kappa shape index (κ3) is 4.84. The molecule has 142 valence electrons. The molecule has 0 aliphatic carbocycles. The molecular formula is C19H19ClN2O5. The maximum Gasteiger partial charge on any atom is 0.313 e. The van der Waals surface area contributed by atoms with Crippen molar-refractivity contribution in [2.45, 2.75) is 11.8 Å². The number of aliphatic hydroxyl groups is 1. The molecule has 7 nitrogen and oxygen atoms in total. The third-order valence-electron chi connectivity index (χ3n) is 4.08. The summed E-state index contributed by atoms with van der Waals surface area (Å²) in [7, 11) is 0. The molecule has 8 heteroatoms. The molecule has 2 aromatic carbocycles. The van der Waals surface area contributed by atoms with Crippen LogP contribution in [-0.4, -0.2) is 42.3 Å². The Hall–Kier alpha value is -2.45. The fourth-order valence-electron chi connectivity index (χ4n) is 2.58. The zero-order valence-electron chi connectivity index (χ0n) is 14.4. The number of halogens is 1. The van der Waals surface area contributed by atoms with E-state index in [0.29, 0.717) is 10.7 Å². The molecule has 0 radical (unpaired) electrons. The molecule has 1 aliphatic heterocycles. The van der Waals surface area contributed by atoms with Gasteiger partial charge in [0.1, 0.15) is 5.54 Å². The van der Waals surface area contributed by atoms with E-state index in [-0.39, 0.29) is 13.2 Å². The molecule has 0 atom stereocenters. The zero-order chi connectivity index (χ0) is 19.3. The predicted octanol–water partition coefficient (Wildman–Crippen LogP) is 1.87. The number of hydrogen-bond donors (Lipinski definition) is 3. The molecule has 1 heterocycles. The van der Waals surface area contributed by atoms with E-state index in [0.717, 1.165) is 5.56 Å². The van der Waals surface area contributed by atoms with Gasteiger partial charge in [-0.25, -0.2) is 0 Å². The standard InChI is InChI=1S/C19H19ClN2O5/c20-14-8-6-13(7-9-14)18-26-11-19(10-23,12-27-18)22-17(25)16(24)21-15-4-2-1-3-5-15/h1-9,18,23H,10-12H2,(H,21,24)(H,22,25). The van der Waals surface area contributed by atoms with E-state index in [4.69, 9.17) is 21.1 Å². The molecule has 27 heavy (non-hydrogen) atoms. The van der Waals surface area contributed by atoms with E-state index in [1.807, 2.05) is 0 Å². The Bertz CT molecular complexity index is 790. The normalized spacial score (nSPS) is 22.1. The van der Waals surface area contributed by atoms with Crippen LogP contribution in [0.5, 0.6) is 0 Å². The molecule has 1 saturated heterocycles. The second-order valence-electron chi connectivity index (χ2n) is 6.22. The quantitative estimate of drug-likeness (QED) is 0.692. The van der Waals surface area contributed by atoms with Crippen molar-refractivity contribution in [3.63, 3.8) is 0 Å². The number of anilines is 1. The maximum absolute atomic E-state index is 12.2. The van der Waals surface area contributed by atoms with Crippen molar-refractivity contribution in [3.05, 3.63) is 65.2 Å². The van der Waals surface area contributed by atoms with Crippen LogP contribution in [0.15, 0.2) is 54.6 Å². The number of ether oxygens (including phenoxy) is 2. The van der Waals surface area contributed by atoms with Crippen LogP contribution in [0, 0.1) is 0 Å². The molecule has 0 aromatic heterocycles. The summed E-state index contributed by atoms with van der Waals surface area (Å²) < 4.78 is 11.3. The summed E-state index contributed by atoms with van der Waals surface area (Å²) in [4.78, 5) is 24.3. The largest absolute Gasteiger partial charge is 0.394 e. The number of para-hydroxylation sites is 1. The lowest BCUT2D eigenvalue weighted by Crippen LogP contribution is -2.62. The highest BCUT2D eigenvalue weighted by molar-refractivity contribution is 6.39. The Morgan fingerprint density at radius 1 is 1.04 bits per heavy atom. The van der Waals surface area contributed by atoms with E-state index in [1.165, 1.54) is 0 Å². The fraction of sp³-hybridized carbons (Fsp3) is 0.263. The Balaban J connectivity index is 1.59. The van der Waals surface area contributed by atoms with Gasteiger partial charge in [0.15, 0.2) is 6.29 Å². The van der Waals surface area contributed by atoms with Crippen molar-refractivity contribution in [1.82, 2.24) is 5.32 Å². The number of hydrogen-bond acceptors (Lipinski definition) is 5. The highest BCUT2D eigenvalue weighted by Crippen LogP contribution is 2.27. The van der Waals surface area contributed by atoms with E-state index in [1.54, 1.807) is 54.6 Å². The van der Waals surface area contributed by atoms with Crippen LogP contribution in [0.25, 0.3) is 0 Å². The molecule has 3 rings (SSSR count). The van der Waals surface area contributed by atoms with Gasteiger partial charge in [0.25, 0.3) is 0 Å². The molecule has 0 spiro atoms.